The quantitative estimate of drug-likeness (QED) is 0.157. The number of alkyl halides is 3. The molecule has 0 bridgehead atoms. The molecule has 2 aliphatic heterocycles. The van der Waals surface area contributed by atoms with Gasteiger partial charge in [-0.2, -0.15) is 18.2 Å². The van der Waals surface area contributed by atoms with Crippen molar-refractivity contribution in [2.75, 3.05) is 40.1 Å². The number of carbonyl (C=O) groups is 1. The van der Waals surface area contributed by atoms with Crippen LogP contribution >= 0.6 is 0 Å². The van der Waals surface area contributed by atoms with Gasteiger partial charge in [0.1, 0.15) is 11.6 Å². The second kappa shape index (κ2) is 16.3. The number of aromatic nitrogens is 2. The molecular formula is C36H42F4N6O2. The van der Waals surface area contributed by atoms with Crippen molar-refractivity contribution < 1.29 is 26.8 Å². The summed E-state index contributed by atoms with van der Waals surface area (Å²) in [6.45, 7) is 13.5. The number of carbonyl (C=O) groups excluding carboxylic acids is 1. The zero-order valence-electron chi connectivity index (χ0n) is 27.7. The summed E-state index contributed by atoms with van der Waals surface area (Å²) in [7, 11) is 0. The molecule has 12 heteroatoms. The monoisotopic (exact) mass is 666 g/mol. The van der Waals surface area contributed by atoms with E-state index < -0.39 is 23.5 Å². The summed E-state index contributed by atoms with van der Waals surface area (Å²) in [5.41, 5.74) is 2.28. The van der Waals surface area contributed by atoms with Gasteiger partial charge in [-0.25, -0.2) is 9.37 Å². The van der Waals surface area contributed by atoms with Crippen molar-refractivity contribution in [1.29, 1.82) is 0 Å². The van der Waals surface area contributed by atoms with Crippen LogP contribution in [0.1, 0.15) is 67.9 Å². The molecule has 2 aliphatic rings. The highest BCUT2D eigenvalue weighted by molar-refractivity contribution is 6.03. The fourth-order valence-electron chi connectivity index (χ4n) is 5.62. The molecular weight excluding hydrogens is 624 g/mol. The molecule has 8 nitrogen and oxygen atoms in total. The van der Waals surface area contributed by atoms with Crippen molar-refractivity contribution in [3.63, 3.8) is 0 Å². The average molecular weight is 667 g/mol. The summed E-state index contributed by atoms with van der Waals surface area (Å²) in [4.78, 5) is 24.7. The van der Waals surface area contributed by atoms with E-state index in [1.54, 1.807) is 41.3 Å². The lowest BCUT2D eigenvalue weighted by atomic mass is 9.97. The van der Waals surface area contributed by atoms with E-state index in [1.165, 1.54) is 12.3 Å². The lowest BCUT2D eigenvalue weighted by Gasteiger charge is -2.31. The third-order valence-electron chi connectivity index (χ3n) is 7.76. The van der Waals surface area contributed by atoms with Crippen molar-refractivity contribution in [2.45, 2.75) is 59.7 Å². The van der Waals surface area contributed by atoms with Crippen LogP contribution in [0.25, 0.3) is 0 Å². The van der Waals surface area contributed by atoms with Crippen LogP contribution in [0.15, 0.2) is 77.9 Å². The maximum atomic E-state index is 14.2. The smallest absolute Gasteiger partial charge is 0.417 e. The van der Waals surface area contributed by atoms with E-state index in [9.17, 15) is 22.4 Å². The minimum Gasteiger partial charge on any atom is -0.417 e. The molecule has 256 valence electrons. The summed E-state index contributed by atoms with van der Waals surface area (Å²) in [5, 5.41) is 5.66. The first-order valence-electron chi connectivity index (χ1n) is 16.1. The number of hydrogen-bond acceptors (Lipinski definition) is 7. The van der Waals surface area contributed by atoms with Gasteiger partial charge >= 0.3 is 6.18 Å². The number of pyridine rings is 1. The van der Waals surface area contributed by atoms with Gasteiger partial charge < -0.3 is 24.9 Å². The maximum absolute atomic E-state index is 14.2. The minimum atomic E-state index is -4.85. The summed E-state index contributed by atoms with van der Waals surface area (Å²) >= 11 is 0. The molecule has 1 unspecified atom stereocenters. The molecule has 0 aliphatic carbocycles. The van der Waals surface area contributed by atoms with Crippen LogP contribution in [0.5, 0.6) is 0 Å². The number of halogens is 4. The van der Waals surface area contributed by atoms with Crippen LogP contribution in [0.2, 0.25) is 0 Å². The number of amides is 1. The normalized spacial score (nSPS) is 15.6. The molecule has 1 saturated heterocycles. The number of fused-ring (bicyclic) bond motifs is 1. The number of anilines is 5. The van der Waals surface area contributed by atoms with Gasteiger partial charge in [0.15, 0.2) is 5.69 Å². The van der Waals surface area contributed by atoms with Gasteiger partial charge in [0.25, 0.3) is 11.9 Å². The van der Waals surface area contributed by atoms with E-state index in [-0.39, 0.29) is 23.4 Å². The van der Waals surface area contributed by atoms with Gasteiger partial charge in [0.05, 0.1) is 17.6 Å². The van der Waals surface area contributed by atoms with Crippen LogP contribution < -0.4 is 20.4 Å². The first kappa shape index (κ1) is 36.0. The highest BCUT2D eigenvalue weighted by Crippen LogP contribution is 2.36. The lowest BCUT2D eigenvalue weighted by molar-refractivity contribution is -0.141. The van der Waals surface area contributed by atoms with Gasteiger partial charge in [0.2, 0.25) is 5.76 Å². The second-order valence-corrected chi connectivity index (χ2v) is 11.4. The largest absolute Gasteiger partial charge is 0.437 e. The second-order valence-electron chi connectivity index (χ2n) is 11.4. The van der Waals surface area contributed by atoms with E-state index in [2.05, 4.69) is 32.1 Å². The Hall–Kier alpha value is -4.87. The summed E-state index contributed by atoms with van der Waals surface area (Å²) in [5.74, 6) is -1.33. The number of nitrogens with zero attached hydrogens (tertiary/aromatic N) is 4. The molecule has 2 N–H and O–H groups in total. The number of benzene rings is 2. The third-order valence-corrected chi connectivity index (χ3v) is 7.76. The Labute approximate surface area is 278 Å². The molecule has 0 radical (unpaired) electrons. The van der Waals surface area contributed by atoms with E-state index >= 15 is 0 Å². The Kier molecular flexibility index (Phi) is 12.2. The van der Waals surface area contributed by atoms with Gasteiger partial charge in [-0.15, -0.1) is 6.58 Å². The maximum Gasteiger partial charge on any atom is 0.437 e. The average Bonchev–Trinajstić information content (AvgIpc) is 3.55. The number of hydrogen-bond donors (Lipinski definition) is 2. The number of rotatable bonds is 6. The topological polar surface area (TPSA) is 86.5 Å². The first-order valence-corrected chi connectivity index (χ1v) is 16.1. The fraction of sp³-hybridized carbons (Fsp3) is 0.361. The molecule has 2 aromatic carbocycles. The van der Waals surface area contributed by atoms with Crippen LogP contribution in [0, 0.1) is 11.7 Å². The fourth-order valence-corrected chi connectivity index (χ4v) is 5.62. The Balaban J connectivity index is 0.000000986. The predicted molar refractivity (Wildman–Crippen MR) is 182 cm³/mol. The first-order chi connectivity index (χ1) is 23.1. The number of piperidine rings is 1. The van der Waals surface area contributed by atoms with Crippen molar-refractivity contribution in [3.05, 3.63) is 102 Å². The van der Waals surface area contributed by atoms with E-state index in [0.717, 1.165) is 29.7 Å². The molecule has 0 spiro atoms. The zero-order valence-corrected chi connectivity index (χ0v) is 27.7. The summed E-state index contributed by atoms with van der Waals surface area (Å²) in [6, 6.07) is 15.4. The van der Waals surface area contributed by atoms with E-state index in [0.29, 0.717) is 44.1 Å². The standard InChI is InChI=1S/C31H30F4N6O2.C3H6.C2H6/c1-19-6-5-14-41(17-19)30-39-28(31(33,34)35)27(43-30)29(42)37-21-11-12-26(36-16-21)40-15-13-22-20(18-40)7-4-10-24(22)38-25-9-3-2-8-23(25)32;1-3-2;1-2/h2-4,7-12,16,19,38H,5-6,13-15,17-18H2,1H3,(H,37,42);3H,1H2,2H3;1-2H3. The third kappa shape index (κ3) is 8.72. The lowest BCUT2D eigenvalue weighted by Crippen LogP contribution is -2.34. The predicted octanol–water partition coefficient (Wildman–Crippen LogP) is 9.24. The SMILES string of the molecule is C=CC.CC.CC1CCCN(c2nc(C(F)(F)F)c(C(=O)Nc3ccc(N4CCc5c(cccc5Nc5ccccc5F)C4)nc3)o2)C1. The van der Waals surface area contributed by atoms with Crippen molar-refractivity contribution in [3.8, 4) is 0 Å². The molecule has 0 saturated carbocycles. The van der Waals surface area contributed by atoms with Crippen LogP contribution in [0.4, 0.5) is 46.5 Å². The molecule has 2 aromatic heterocycles. The Morgan fingerprint density at radius 1 is 1.04 bits per heavy atom. The van der Waals surface area contributed by atoms with Crippen LogP contribution in [-0.2, 0) is 19.1 Å². The Morgan fingerprint density at radius 2 is 1.77 bits per heavy atom. The van der Waals surface area contributed by atoms with Gasteiger partial charge in [0, 0.05) is 31.9 Å². The number of nitrogens with one attached hydrogen (secondary N) is 2. The van der Waals surface area contributed by atoms with Crippen molar-refractivity contribution in [2.24, 2.45) is 5.92 Å². The molecule has 1 atom stereocenters. The molecule has 4 heterocycles. The minimum absolute atomic E-state index is 0.199. The van der Waals surface area contributed by atoms with Crippen LogP contribution in [-0.4, -0.2) is 35.5 Å². The van der Waals surface area contributed by atoms with E-state index in [4.69, 9.17) is 4.42 Å². The number of allylic oxidation sites excluding steroid dienone is 1. The zero-order chi connectivity index (χ0) is 34.8. The van der Waals surface area contributed by atoms with E-state index in [1.807, 2.05) is 45.9 Å². The summed E-state index contributed by atoms with van der Waals surface area (Å²) < 4.78 is 60.9. The molecule has 4 aromatic rings. The van der Waals surface area contributed by atoms with Crippen LogP contribution in [0.3, 0.4) is 0 Å². The van der Waals surface area contributed by atoms with Crippen molar-refractivity contribution >= 4 is 34.8 Å². The number of para-hydroxylation sites is 1. The summed E-state index contributed by atoms with van der Waals surface area (Å²) in [6.07, 6.45) is 0.760. The Morgan fingerprint density at radius 3 is 2.44 bits per heavy atom. The van der Waals surface area contributed by atoms with Gasteiger partial charge in [-0.3, -0.25) is 4.79 Å². The highest BCUT2D eigenvalue weighted by Gasteiger charge is 2.42. The molecule has 1 amide bonds. The number of oxazole rings is 1. The van der Waals surface area contributed by atoms with Crippen molar-refractivity contribution in [1.82, 2.24) is 9.97 Å². The Bertz CT molecular complexity index is 1670. The molecule has 48 heavy (non-hydrogen) atoms. The molecule has 1 fully saturated rings. The highest BCUT2D eigenvalue weighted by atomic mass is 19.4. The van der Waals surface area contributed by atoms with Gasteiger partial charge in [-0.05, 0) is 73.6 Å². The molecule has 6 rings (SSSR count). The van der Waals surface area contributed by atoms with Gasteiger partial charge in [-0.1, -0.05) is 51.1 Å².